The van der Waals surface area contributed by atoms with Gasteiger partial charge in [-0.15, -0.1) is 5.11 Å². The largest absolute Gasteiger partial charge is 0.495 e. The number of nitrogens with two attached hydrogens (primary N) is 1. The van der Waals surface area contributed by atoms with Gasteiger partial charge in [0.25, 0.3) is 0 Å². The molecule has 0 saturated heterocycles. The van der Waals surface area contributed by atoms with Crippen molar-refractivity contribution >= 4 is 17.1 Å². The van der Waals surface area contributed by atoms with Crippen LogP contribution < -0.4 is 19.9 Å². The Labute approximate surface area is 134 Å². The van der Waals surface area contributed by atoms with Crippen molar-refractivity contribution in [2.45, 2.75) is 0 Å². The Morgan fingerprint density at radius 1 is 1.00 bits per heavy atom. The van der Waals surface area contributed by atoms with Crippen molar-refractivity contribution in [3.63, 3.8) is 0 Å². The van der Waals surface area contributed by atoms with Crippen LogP contribution in [0.2, 0.25) is 0 Å². The number of methoxy groups -OCH3 is 2. The molecule has 3 N–H and O–H groups in total. The van der Waals surface area contributed by atoms with Gasteiger partial charge in [-0.2, -0.15) is 5.11 Å². The van der Waals surface area contributed by atoms with Gasteiger partial charge in [-0.1, -0.05) is 0 Å². The summed E-state index contributed by atoms with van der Waals surface area (Å²) in [6.45, 7) is 0.226. The number of anilines is 1. The minimum Gasteiger partial charge on any atom is -0.495 e. The van der Waals surface area contributed by atoms with Gasteiger partial charge < -0.3 is 25.1 Å². The molecule has 0 aliphatic rings. The minimum atomic E-state index is -0.0276. The first-order chi connectivity index (χ1) is 11.2. The van der Waals surface area contributed by atoms with Gasteiger partial charge >= 0.3 is 0 Å². The summed E-state index contributed by atoms with van der Waals surface area (Å²) in [6, 6.07) is 10.3. The second kappa shape index (κ2) is 8.00. The van der Waals surface area contributed by atoms with Crippen LogP contribution >= 0.6 is 0 Å². The summed E-state index contributed by atoms with van der Waals surface area (Å²) in [7, 11) is 3.07. The average Bonchev–Trinajstić information content (AvgIpc) is 2.59. The molecular weight excluding hydrogens is 298 g/mol. The third-order valence-corrected chi connectivity index (χ3v) is 3.00. The third kappa shape index (κ3) is 4.33. The van der Waals surface area contributed by atoms with Crippen LogP contribution in [0.4, 0.5) is 17.1 Å². The zero-order valence-corrected chi connectivity index (χ0v) is 13.0. The Morgan fingerprint density at radius 2 is 1.70 bits per heavy atom. The Bertz CT molecular complexity index is 672. The van der Waals surface area contributed by atoms with Crippen LogP contribution in [0, 0.1) is 0 Å². The van der Waals surface area contributed by atoms with E-state index in [2.05, 4.69) is 10.2 Å². The molecule has 0 spiro atoms. The van der Waals surface area contributed by atoms with E-state index < -0.39 is 0 Å². The number of hydrogen-bond donors (Lipinski definition) is 2. The quantitative estimate of drug-likeness (QED) is 0.604. The monoisotopic (exact) mass is 317 g/mol. The Balaban J connectivity index is 2.19. The maximum Gasteiger partial charge on any atom is 0.148 e. The van der Waals surface area contributed by atoms with E-state index in [-0.39, 0.29) is 13.2 Å². The smallest absolute Gasteiger partial charge is 0.148 e. The standard InChI is InChI=1S/C16H19N3O4/c1-21-15-10-14(16(22-2)9-13(15)17)19-18-11-3-5-12(6-4-11)23-8-7-20/h3-6,9-10,20H,7-8,17H2,1-2H3. The highest BCUT2D eigenvalue weighted by molar-refractivity contribution is 5.66. The lowest BCUT2D eigenvalue weighted by Gasteiger charge is -2.09. The third-order valence-electron chi connectivity index (χ3n) is 3.00. The number of nitrogens with zero attached hydrogens (tertiary/aromatic N) is 2. The Morgan fingerprint density at radius 3 is 2.30 bits per heavy atom. The lowest BCUT2D eigenvalue weighted by molar-refractivity contribution is 0.201. The topological polar surface area (TPSA) is 98.7 Å². The zero-order valence-electron chi connectivity index (χ0n) is 13.0. The highest BCUT2D eigenvalue weighted by atomic mass is 16.5. The summed E-state index contributed by atoms with van der Waals surface area (Å²) >= 11 is 0. The molecule has 0 radical (unpaired) electrons. The number of hydrogen-bond acceptors (Lipinski definition) is 7. The van der Waals surface area contributed by atoms with Gasteiger partial charge in [0.2, 0.25) is 0 Å². The minimum absolute atomic E-state index is 0.0276. The summed E-state index contributed by atoms with van der Waals surface area (Å²) in [5.41, 5.74) is 7.46. The van der Waals surface area contributed by atoms with E-state index in [1.54, 1.807) is 36.4 Å². The van der Waals surface area contributed by atoms with Crippen LogP contribution in [0.25, 0.3) is 0 Å². The van der Waals surface area contributed by atoms with Crippen molar-refractivity contribution in [1.82, 2.24) is 0 Å². The molecule has 0 heterocycles. The predicted octanol–water partition coefficient (Wildman–Crippen LogP) is 3.07. The number of aliphatic hydroxyl groups excluding tert-OH is 1. The van der Waals surface area contributed by atoms with Crippen molar-refractivity contribution in [2.24, 2.45) is 10.2 Å². The summed E-state index contributed by atoms with van der Waals surface area (Å²) in [4.78, 5) is 0. The van der Waals surface area contributed by atoms with Gasteiger partial charge in [-0.05, 0) is 24.3 Å². The number of rotatable bonds is 7. The van der Waals surface area contributed by atoms with Crippen LogP contribution in [0.1, 0.15) is 0 Å². The fraction of sp³-hybridized carbons (Fsp3) is 0.250. The van der Waals surface area contributed by atoms with E-state index >= 15 is 0 Å². The number of aliphatic hydroxyl groups is 1. The Hall–Kier alpha value is -2.80. The maximum atomic E-state index is 8.71. The van der Waals surface area contributed by atoms with Crippen molar-refractivity contribution in [1.29, 1.82) is 0 Å². The highest BCUT2D eigenvalue weighted by Crippen LogP contribution is 2.37. The average molecular weight is 317 g/mol. The molecule has 0 amide bonds. The molecule has 2 rings (SSSR count). The van der Waals surface area contributed by atoms with Gasteiger partial charge in [0, 0.05) is 12.1 Å². The first kappa shape index (κ1) is 16.6. The molecule has 0 atom stereocenters. The van der Waals surface area contributed by atoms with Crippen molar-refractivity contribution < 1.29 is 19.3 Å². The van der Waals surface area contributed by atoms with Crippen LogP contribution in [0.5, 0.6) is 17.2 Å². The molecule has 2 aromatic carbocycles. The van der Waals surface area contributed by atoms with Crippen LogP contribution in [0.3, 0.4) is 0 Å². The molecule has 23 heavy (non-hydrogen) atoms. The van der Waals surface area contributed by atoms with E-state index in [9.17, 15) is 0 Å². The summed E-state index contributed by atoms with van der Waals surface area (Å²) in [5.74, 6) is 1.67. The van der Waals surface area contributed by atoms with E-state index in [0.29, 0.717) is 34.3 Å². The molecule has 0 unspecified atom stereocenters. The van der Waals surface area contributed by atoms with Gasteiger partial charge in [-0.3, -0.25) is 0 Å². The first-order valence-corrected chi connectivity index (χ1v) is 6.95. The molecule has 2 aromatic rings. The first-order valence-electron chi connectivity index (χ1n) is 6.95. The highest BCUT2D eigenvalue weighted by Gasteiger charge is 2.08. The molecule has 0 saturated carbocycles. The molecule has 0 fully saturated rings. The van der Waals surface area contributed by atoms with Crippen LogP contribution in [0.15, 0.2) is 46.6 Å². The fourth-order valence-electron chi connectivity index (χ4n) is 1.87. The second-order valence-electron chi connectivity index (χ2n) is 4.53. The normalized spacial score (nSPS) is 10.7. The molecule has 0 aliphatic heterocycles. The van der Waals surface area contributed by atoms with Crippen molar-refractivity contribution in [3.8, 4) is 17.2 Å². The number of azo groups is 1. The number of ether oxygens (including phenoxy) is 3. The number of benzene rings is 2. The molecule has 0 aliphatic carbocycles. The number of nitrogen functional groups attached to an aromatic ring is 1. The maximum absolute atomic E-state index is 8.71. The van der Waals surface area contributed by atoms with Gasteiger partial charge in [0.05, 0.1) is 32.2 Å². The predicted molar refractivity (Wildman–Crippen MR) is 87.2 cm³/mol. The fourth-order valence-corrected chi connectivity index (χ4v) is 1.87. The molecule has 0 aromatic heterocycles. The van der Waals surface area contributed by atoms with E-state index in [0.717, 1.165) is 0 Å². The molecule has 122 valence electrons. The van der Waals surface area contributed by atoms with Gasteiger partial charge in [0.15, 0.2) is 0 Å². The van der Waals surface area contributed by atoms with Crippen LogP contribution in [-0.4, -0.2) is 32.5 Å². The van der Waals surface area contributed by atoms with Crippen molar-refractivity contribution in [2.75, 3.05) is 33.2 Å². The molecular formula is C16H19N3O4. The molecule has 7 heteroatoms. The molecule has 7 nitrogen and oxygen atoms in total. The van der Waals surface area contributed by atoms with Crippen LogP contribution in [-0.2, 0) is 0 Å². The lowest BCUT2D eigenvalue weighted by atomic mass is 10.2. The van der Waals surface area contributed by atoms with Gasteiger partial charge in [-0.25, -0.2) is 0 Å². The lowest BCUT2D eigenvalue weighted by Crippen LogP contribution is -2.00. The Kier molecular flexibility index (Phi) is 5.76. The molecule has 0 bridgehead atoms. The van der Waals surface area contributed by atoms with Gasteiger partial charge in [0.1, 0.15) is 29.5 Å². The summed E-state index contributed by atoms with van der Waals surface area (Å²) in [5, 5.41) is 17.0. The van der Waals surface area contributed by atoms with E-state index in [1.807, 2.05) is 0 Å². The summed E-state index contributed by atoms with van der Waals surface area (Å²) in [6.07, 6.45) is 0. The van der Waals surface area contributed by atoms with E-state index in [1.165, 1.54) is 14.2 Å². The zero-order chi connectivity index (χ0) is 16.7. The van der Waals surface area contributed by atoms with E-state index in [4.69, 9.17) is 25.1 Å². The SMILES string of the molecule is COc1cc(N=Nc2ccc(OCCO)cc2)c(OC)cc1N. The van der Waals surface area contributed by atoms with Crippen molar-refractivity contribution in [3.05, 3.63) is 36.4 Å². The second-order valence-corrected chi connectivity index (χ2v) is 4.53. The summed E-state index contributed by atoms with van der Waals surface area (Å²) < 4.78 is 15.7.